The fourth-order valence-electron chi connectivity index (χ4n) is 4.23. The third-order valence-electron chi connectivity index (χ3n) is 5.11. The van der Waals surface area contributed by atoms with Crippen LogP contribution in [0.3, 0.4) is 0 Å². The second kappa shape index (κ2) is 5.82. The summed E-state index contributed by atoms with van der Waals surface area (Å²) in [5, 5.41) is 21.2. The van der Waals surface area contributed by atoms with Crippen molar-refractivity contribution >= 4 is 17.6 Å². The van der Waals surface area contributed by atoms with E-state index in [0.29, 0.717) is 11.3 Å². The average molecular weight is 356 g/mol. The number of ether oxygens (including phenoxy) is 1. The third kappa shape index (κ3) is 2.77. The molecule has 6 heteroatoms. The van der Waals surface area contributed by atoms with Gasteiger partial charge in [0.2, 0.25) is 5.91 Å². The zero-order valence-electron chi connectivity index (χ0n) is 15.6. The molecule has 138 valence electrons. The molecular formula is C20H24N2O4. The number of hydrogen-bond acceptors (Lipinski definition) is 5. The summed E-state index contributed by atoms with van der Waals surface area (Å²) in [7, 11) is 0. The second-order valence-corrected chi connectivity index (χ2v) is 8.39. The lowest BCUT2D eigenvalue weighted by molar-refractivity contribution is -0.157. The number of aliphatic hydroxyl groups is 1. The van der Waals surface area contributed by atoms with E-state index in [2.05, 4.69) is 6.07 Å². The van der Waals surface area contributed by atoms with Gasteiger partial charge in [-0.2, -0.15) is 5.26 Å². The molecule has 2 aliphatic heterocycles. The zero-order chi connectivity index (χ0) is 19.3. The van der Waals surface area contributed by atoms with Crippen LogP contribution in [-0.2, 0) is 19.7 Å². The molecule has 0 saturated carbocycles. The van der Waals surface area contributed by atoms with Crippen molar-refractivity contribution in [2.75, 3.05) is 4.90 Å². The van der Waals surface area contributed by atoms with Gasteiger partial charge in [0.1, 0.15) is 11.0 Å². The fourth-order valence-corrected chi connectivity index (χ4v) is 4.23. The van der Waals surface area contributed by atoms with Crippen molar-refractivity contribution in [1.82, 2.24) is 0 Å². The average Bonchev–Trinajstić information content (AvgIpc) is 2.82. The molecule has 6 nitrogen and oxygen atoms in total. The van der Waals surface area contributed by atoms with E-state index in [4.69, 9.17) is 4.74 Å². The van der Waals surface area contributed by atoms with Crippen LogP contribution in [-0.4, -0.2) is 34.2 Å². The maximum atomic E-state index is 12.6. The van der Waals surface area contributed by atoms with Crippen LogP contribution in [0.2, 0.25) is 0 Å². The first kappa shape index (κ1) is 18.4. The SMILES string of the molecule is CC(C)(C)OC(=O)C[C@]1(C#N)c2ccccc2N2C(=O)CC[C@](C)(O)[C@H]21. The third-order valence-corrected chi connectivity index (χ3v) is 5.11. The van der Waals surface area contributed by atoms with Gasteiger partial charge in [0.25, 0.3) is 0 Å². The molecule has 26 heavy (non-hydrogen) atoms. The molecule has 0 unspecified atom stereocenters. The Morgan fingerprint density at radius 2 is 2.08 bits per heavy atom. The standard InChI is InChI=1S/C20H24N2O4/c1-18(2,3)26-16(24)11-20(12-21)13-7-5-6-8-14(13)22-15(23)9-10-19(4,25)17(20)22/h5-8,17,25H,9-11H2,1-4H3/t17-,19-,20-/m0/s1. The summed E-state index contributed by atoms with van der Waals surface area (Å²) in [6.07, 6.45) is 0.229. The van der Waals surface area contributed by atoms with Gasteiger partial charge in [0, 0.05) is 12.1 Å². The van der Waals surface area contributed by atoms with Gasteiger partial charge in [-0.15, -0.1) is 0 Å². The van der Waals surface area contributed by atoms with Crippen LogP contribution in [0.25, 0.3) is 0 Å². The molecule has 2 aliphatic rings. The number of fused-ring (bicyclic) bond motifs is 3. The lowest BCUT2D eigenvalue weighted by Gasteiger charge is -2.46. The summed E-state index contributed by atoms with van der Waals surface area (Å²) in [6.45, 7) is 6.92. The van der Waals surface area contributed by atoms with E-state index in [1.165, 1.54) is 4.90 Å². The van der Waals surface area contributed by atoms with Gasteiger partial charge in [-0.25, -0.2) is 0 Å². The molecule has 3 rings (SSSR count). The number of benzene rings is 1. The zero-order valence-corrected chi connectivity index (χ0v) is 15.6. The smallest absolute Gasteiger partial charge is 0.308 e. The Hall–Kier alpha value is -2.39. The maximum absolute atomic E-state index is 12.6. The summed E-state index contributed by atoms with van der Waals surface area (Å²) >= 11 is 0. The number of amides is 1. The Labute approximate surface area is 153 Å². The number of para-hydroxylation sites is 1. The van der Waals surface area contributed by atoms with Crippen LogP contribution in [0.4, 0.5) is 5.69 Å². The first-order chi connectivity index (χ1) is 12.0. The molecule has 0 aromatic heterocycles. The monoisotopic (exact) mass is 356 g/mol. The minimum Gasteiger partial charge on any atom is -0.460 e. The molecule has 1 N–H and O–H groups in total. The Bertz CT molecular complexity index is 803. The Balaban J connectivity index is 2.14. The first-order valence-electron chi connectivity index (χ1n) is 8.79. The van der Waals surface area contributed by atoms with Gasteiger partial charge >= 0.3 is 5.97 Å². The van der Waals surface area contributed by atoms with Crippen molar-refractivity contribution in [3.05, 3.63) is 29.8 Å². The molecule has 2 heterocycles. The molecule has 1 fully saturated rings. The van der Waals surface area contributed by atoms with Gasteiger partial charge in [0.15, 0.2) is 0 Å². The number of hydrogen-bond donors (Lipinski definition) is 1. The molecular weight excluding hydrogens is 332 g/mol. The highest BCUT2D eigenvalue weighted by atomic mass is 16.6. The summed E-state index contributed by atoms with van der Waals surface area (Å²) in [4.78, 5) is 26.7. The van der Waals surface area contributed by atoms with E-state index >= 15 is 0 Å². The predicted molar refractivity (Wildman–Crippen MR) is 95.3 cm³/mol. The predicted octanol–water partition coefficient (Wildman–Crippen LogP) is 2.44. The van der Waals surface area contributed by atoms with Crippen molar-refractivity contribution in [1.29, 1.82) is 5.26 Å². The number of nitrogens with zero attached hydrogens (tertiary/aromatic N) is 2. The summed E-state index contributed by atoms with van der Waals surface area (Å²) in [6, 6.07) is 8.52. The number of piperidine rings is 1. The molecule has 1 amide bonds. The van der Waals surface area contributed by atoms with Crippen LogP contribution < -0.4 is 4.90 Å². The Kier molecular flexibility index (Phi) is 4.12. The van der Waals surface area contributed by atoms with Crippen LogP contribution in [0.1, 0.15) is 52.5 Å². The molecule has 0 aliphatic carbocycles. The highest BCUT2D eigenvalue weighted by Gasteiger charge is 2.62. The van der Waals surface area contributed by atoms with E-state index < -0.39 is 28.6 Å². The van der Waals surface area contributed by atoms with Crippen molar-refractivity contribution in [3.63, 3.8) is 0 Å². The molecule has 1 aromatic carbocycles. The van der Waals surface area contributed by atoms with Crippen molar-refractivity contribution in [2.24, 2.45) is 0 Å². The normalized spacial score (nSPS) is 30.4. The highest BCUT2D eigenvalue weighted by Crippen LogP contribution is 2.53. The topological polar surface area (TPSA) is 90.6 Å². The minimum atomic E-state index is -1.35. The molecule has 3 atom stereocenters. The highest BCUT2D eigenvalue weighted by molar-refractivity contribution is 5.99. The van der Waals surface area contributed by atoms with Crippen LogP contribution in [0, 0.1) is 11.3 Å². The Morgan fingerprint density at radius 1 is 1.42 bits per heavy atom. The van der Waals surface area contributed by atoms with E-state index in [9.17, 15) is 20.0 Å². The van der Waals surface area contributed by atoms with Gasteiger partial charge < -0.3 is 14.7 Å². The van der Waals surface area contributed by atoms with Gasteiger partial charge in [-0.05, 0) is 45.7 Å². The molecule has 1 aromatic rings. The minimum absolute atomic E-state index is 0.143. The summed E-state index contributed by atoms with van der Waals surface area (Å²) in [5.41, 5.74) is -2.14. The van der Waals surface area contributed by atoms with E-state index in [-0.39, 0.29) is 25.2 Å². The summed E-state index contributed by atoms with van der Waals surface area (Å²) < 4.78 is 5.44. The lowest BCUT2D eigenvalue weighted by Crippen LogP contribution is -2.63. The van der Waals surface area contributed by atoms with Crippen LogP contribution >= 0.6 is 0 Å². The molecule has 0 spiro atoms. The summed E-state index contributed by atoms with van der Waals surface area (Å²) in [5.74, 6) is -0.667. The number of nitriles is 1. The number of anilines is 1. The lowest BCUT2D eigenvalue weighted by atomic mass is 9.67. The number of carbonyl (C=O) groups excluding carboxylic acids is 2. The Morgan fingerprint density at radius 3 is 2.69 bits per heavy atom. The second-order valence-electron chi connectivity index (χ2n) is 8.39. The van der Waals surface area contributed by atoms with Gasteiger partial charge in [-0.3, -0.25) is 9.59 Å². The number of esters is 1. The molecule has 0 bridgehead atoms. The fraction of sp³-hybridized carbons (Fsp3) is 0.550. The van der Waals surface area contributed by atoms with Gasteiger partial charge in [-0.1, -0.05) is 18.2 Å². The van der Waals surface area contributed by atoms with E-state index in [1.54, 1.807) is 52.0 Å². The number of carbonyl (C=O) groups is 2. The maximum Gasteiger partial charge on any atom is 0.308 e. The van der Waals surface area contributed by atoms with Crippen LogP contribution in [0.5, 0.6) is 0 Å². The van der Waals surface area contributed by atoms with Crippen LogP contribution in [0.15, 0.2) is 24.3 Å². The quantitative estimate of drug-likeness (QED) is 0.822. The van der Waals surface area contributed by atoms with Crippen molar-refractivity contribution in [3.8, 4) is 6.07 Å². The van der Waals surface area contributed by atoms with Crippen molar-refractivity contribution in [2.45, 2.75) is 69.6 Å². The van der Waals surface area contributed by atoms with Crippen molar-refractivity contribution < 1.29 is 19.4 Å². The van der Waals surface area contributed by atoms with Gasteiger partial charge in [0.05, 0.1) is 24.1 Å². The first-order valence-corrected chi connectivity index (χ1v) is 8.79. The number of rotatable bonds is 2. The largest absolute Gasteiger partial charge is 0.460 e. The molecule has 0 radical (unpaired) electrons. The van der Waals surface area contributed by atoms with E-state index in [1.807, 2.05) is 0 Å². The molecule has 1 saturated heterocycles. The van der Waals surface area contributed by atoms with E-state index in [0.717, 1.165) is 0 Å².